The lowest BCUT2D eigenvalue weighted by Crippen LogP contribution is -2.43. The van der Waals surface area contributed by atoms with E-state index in [4.69, 9.17) is 38.4 Å². The van der Waals surface area contributed by atoms with Crippen molar-refractivity contribution in [3.63, 3.8) is 0 Å². The summed E-state index contributed by atoms with van der Waals surface area (Å²) in [5.74, 6) is -0.157. The number of aromatic nitrogens is 2. The van der Waals surface area contributed by atoms with Crippen LogP contribution in [0.2, 0.25) is 0 Å². The van der Waals surface area contributed by atoms with Crippen LogP contribution in [0.4, 0.5) is 20.2 Å². The third-order valence-electron chi connectivity index (χ3n) is 4.33. The first kappa shape index (κ1) is 28.6. The van der Waals surface area contributed by atoms with E-state index in [1.54, 1.807) is 47.0 Å². The third-order valence-corrected chi connectivity index (χ3v) is 4.33. The van der Waals surface area contributed by atoms with Crippen molar-refractivity contribution in [1.82, 2.24) is 9.55 Å². The van der Waals surface area contributed by atoms with E-state index in [0.29, 0.717) is 0 Å². The van der Waals surface area contributed by atoms with E-state index in [-0.39, 0.29) is 5.82 Å². The van der Waals surface area contributed by atoms with Gasteiger partial charge < -0.3 is 33.2 Å². The summed E-state index contributed by atoms with van der Waals surface area (Å²) < 4.78 is 37.5. The summed E-state index contributed by atoms with van der Waals surface area (Å²) in [6.07, 6.45) is -9.12. The highest BCUT2D eigenvalue weighted by Gasteiger charge is 2.52. The topological polar surface area (TPSA) is 183 Å². The second kappa shape index (κ2) is 12.9. The zero-order valence-corrected chi connectivity index (χ0v) is 20.7. The highest BCUT2D eigenvalue weighted by Crippen LogP contribution is 2.34. The molecule has 4 atom stereocenters. The van der Waals surface area contributed by atoms with Crippen LogP contribution in [0.15, 0.2) is 17.1 Å². The molecule has 36 heavy (non-hydrogen) atoms. The summed E-state index contributed by atoms with van der Waals surface area (Å²) in [5.41, 5.74) is 0.825. The molecule has 0 bridgehead atoms. The summed E-state index contributed by atoms with van der Waals surface area (Å²) in [6, 6.07) is 1.24. The van der Waals surface area contributed by atoms with Crippen molar-refractivity contribution >= 4 is 24.3 Å². The monoisotopic (exact) mass is 517 g/mol. The maximum absolute atomic E-state index is 12.6. The number of carbonyl (C=O) groups is 3. The molecule has 1 aromatic rings. The van der Waals surface area contributed by atoms with Gasteiger partial charge in [0, 0.05) is 6.20 Å². The van der Waals surface area contributed by atoms with Gasteiger partial charge in [0.1, 0.15) is 12.7 Å². The van der Waals surface area contributed by atoms with Gasteiger partial charge in [-0.25, -0.2) is 19.2 Å². The molecule has 0 radical (unpaired) electrons. The highest BCUT2D eigenvalue weighted by molar-refractivity contribution is 5.62. The van der Waals surface area contributed by atoms with Crippen LogP contribution in [-0.4, -0.2) is 76.5 Å². The number of hydrogen-bond acceptors (Lipinski definition) is 14. The summed E-state index contributed by atoms with van der Waals surface area (Å²) in [4.78, 5) is 52.8. The van der Waals surface area contributed by atoms with Crippen molar-refractivity contribution in [1.29, 1.82) is 0 Å². The molecule has 2 N–H and O–H groups in total. The fraction of sp³-hybridized carbons (Fsp3) is 0.667. The predicted octanol–water partition coefficient (Wildman–Crippen LogP) is 2.36. The van der Waals surface area contributed by atoms with Crippen LogP contribution in [0.3, 0.4) is 0 Å². The molecule has 2 heterocycles. The molecule has 0 aromatic carbocycles. The summed E-state index contributed by atoms with van der Waals surface area (Å²) in [7, 11) is 0. The molecule has 15 nitrogen and oxygen atoms in total. The van der Waals surface area contributed by atoms with Crippen LogP contribution in [0.1, 0.15) is 47.8 Å². The quantitative estimate of drug-likeness (QED) is 0.276. The molecule has 1 aromatic heterocycles. The molecule has 15 heteroatoms. The van der Waals surface area contributed by atoms with Crippen molar-refractivity contribution in [2.24, 2.45) is 0 Å². The zero-order valence-electron chi connectivity index (χ0n) is 20.7. The Morgan fingerprint density at radius 2 is 1.50 bits per heavy atom. The van der Waals surface area contributed by atoms with Gasteiger partial charge in [0.05, 0.1) is 18.3 Å². The third kappa shape index (κ3) is 8.27. The smallest absolute Gasteiger partial charge is 0.432 e. The Kier molecular flexibility index (Phi) is 10.3. The van der Waals surface area contributed by atoms with E-state index in [0.717, 1.165) is 4.57 Å². The van der Waals surface area contributed by atoms with Crippen LogP contribution in [-0.2, 0) is 33.2 Å². The Morgan fingerprint density at radius 1 is 0.972 bits per heavy atom. The minimum absolute atomic E-state index is 0.157. The molecule has 0 aliphatic carbocycles. The van der Waals surface area contributed by atoms with Crippen LogP contribution in [0.25, 0.3) is 0 Å². The van der Waals surface area contributed by atoms with E-state index >= 15 is 0 Å². The molecule has 0 saturated carbocycles. The lowest BCUT2D eigenvalue weighted by Gasteiger charge is -2.24. The van der Waals surface area contributed by atoms with Crippen molar-refractivity contribution in [2.45, 2.75) is 84.4 Å². The lowest BCUT2D eigenvalue weighted by molar-refractivity contribution is -0.0743. The average Bonchev–Trinajstić information content (AvgIpc) is 3.07. The molecule has 4 unspecified atom stereocenters. The predicted molar refractivity (Wildman–Crippen MR) is 118 cm³/mol. The minimum atomic E-state index is -1.46. The Bertz CT molecular complexity index is 964. The van der Waals surface area contributed by atoms with Crippen LogP contribution < -0.4 is 11.2 Å². The number of ether oxygens (including phenoxy) is 7. The van der Waals surface area contributed by atoms with Crippen molar-refractivity contribution < 1.29 is 52.7 Å². The van der Waals surface area contributed by atoms with Crippen molar-refractivity contribution in [3.8, 4) is 0 Å². The van der Waals surface area contributed by atoms with E-state index in [2.05, 4.69) is 4.98 Å². The molecule has 202 valence electrons. The molecule has 2 rings (SSSR count). The first-order chi connectivity index (χ1) is 16.9. The SMILES string of the molecule is CC(C)OC(=O)OCC1OC(n2ccc(NO)nc2=O)C(OC(=O)OC(C)C)C1OC(=O)OC(C)C. The van der Waals surface area contributed by atoms with E-state index in [1.165, 1.54) is 12.3 Å². The molecular weight excluding hydrogens is 486 g/mol. The first-order valence-electron chi connectivity index (χ1n) is 11.1. The van der Waals surface area contributed by atoms with Crippen molar-refractivity contribution in [2.75, 3.05) is 12.1 Å². The fourth-order valence-corrected chi connectivity index (χ4v) is 3.04. The zero-order chi connectivity index (χ0) is 27.0. The van der Waals surface area contributed by atoms with Crippen LogP contribution >= 0.6 is 0 Å². The van der Waals surface area contributed by atoms with Crippen LogP contribution in [0.5, 0.6) is 0 Å². The molecule has 1 aliphatic rings. The van der Waals surface area contributed by atoms with Gasteiger partial charge >= 0.3 is 24.2 Å². The minimum Gasteiger partial charge on any atom is -0.432 e. The first-order valence-corrected chi connectivity index (χ1v) is 11.1. The summed E-state index contributed by atoms with van der Waals surface area (Å²) >= 11 is 0. The second-order valence-corrected chi connectivity index (χ2v) is 8.41. The Morgan fingerprint density at radius 3 is 2.00 bits per heavy atom. The number of nitrogens with one attached hydrogen (secondary N) is 1. The summed E-state index contributed by atoms with van der Waals surface area (Å²) in [6.45, 7) is 9.09. The van der Waals surface area contributed by atoms with Gasteiger partial charge in [-0.2, -0.15) is 4.98 Å². The standard InChI is InChI=1S/C21H31N3O12/c1-10(2)31-19(26)30-9-13-15(35-20(27)32-11(3)4)16(36-21(28)33-12(5)6)17(34-13)24-8-7-14(23-29)22-18(24)25/h7-8,10-13,15-17,29H,9H2,1-6H3,(H,22,23,25). The Balaban J connectivity index is 2.42. The maximum Gasteiger partial charge on any atom is 0.509 e. The Labute approximate surface area is 206 Å². The normalized spacial score (nSPS) is 21.3. The van der Waals surface area contributed by atoms with Crippen molar-refractivity contribution in [3.05, 3.63) is 22.7 Å². The van der Waals surface area contributed by atoms with Gasteiger partial charge in [-0.3, -0.25) is 15.3 Å². The molecular formula is C21H31N3O12. The van der Waals surface area contributed by atoms with E-state index < -0.39 is 73.6 Å². The summed E-state index contributed by atoms with van der Waals surface area (Å²) in [5, 5.41) is 9.00. The fourth-order valence-electron chi connectivity index (χ4n) is 3.04. The van der Waals surface area contributed by atoms with Crippen LogP contribution in [0, 0.1) is 0 Å². The van der Waals surface area contributed by atoms with E-state index in [1.807, 2.05) is 0 Å². The largest absolute Gasteiger partial charge is 0.509 e. The van der Waals surface area contributed by atoms with E-state index in [9.17, 15) is 19.2 Å². The van der Waals surface area contributed by atoms with Gasteiger partial charge in [-0.05, 0) is 47.6 Å². The molecule has 0 amide bonds. The number of nitrogens with zero attached hydrogens (tertiary/aromatic N) is 2. The molecule has 0 spiro atoms. The highest BCUT2D eigenvalue weighted by atomic mass is 16.8. The lowest BCUT2D eigenvalue weighted by atomic mass is 10.1. The molecule has 1 aliphatic heterocycles. The number of rotatable bonds is 9. The maximum atomic E-state index is 12.6. The number of anilines is 1. The van der Waals surface area contributed by atoms with Gasteiger partial charge in [0.2, 0.25) is 0 Å². The number of carbonyl (C=O) groups excluding carboxylic acids is 3. The van der Waals surface area contributed by atoms with Gasteiger partial charge in [-0.15, -0.1) is 0 Å². The average molecular weight is 517 g/mol. The second-order valence-electron chi connectivity index (χ2n) is 8.41. The van der Waals surface area contributed by atoms with Gasteiger partial charge in [-0.1, -0.05) is 0 Å². The van der Waals surface area contributed by atoms with Gasteiger partial charge in [0.25, 0.3) is 0 Å². The Hall–Kier alpha value is -3.59. The molecule has 1 saturated heterocycles. The van der Waals surface area contributed by atoms with Gasteiger partial charge in [0.15, 0.2) is 24.3 Å². The number of hydrogen-bond donors (Lipinski definition) is 2. The molecule has 1 fully saturated rings.